The van der Waals surface area contributed by atoms with Crippen LogP contribution >= 0.6 is 11.6 Å². The smallest absolute Gasteiger partial charge is 0.170 e. The number of hydrogen-bond donors (Lipinski definition) is 0. The van der Waals surface area contributed by atoms with Crippen LogP contribution in [0, 0.1) is 0 Å². The summed E-state index contributed by atoms with van der Waals surface area (Å²) in [6.45, 7) is 0. The summed E-state index contributed by atoms with van der Waals surface area (Å²) < 4.78 is 8.12. The lowest BCUT2D eigenvalue weighted by Crippen LogP contribution is -2.22. The lowest BCUT2D eigenvalue weighted by atomic mass is 9.99. The van der Waals surface area contributed by atoms with Crippen molar-refractivity contribution >= 4 is 17.4 Å². The molecule has 0 spiro atoms. The van der Waals surface area contributed by atoms with Crippen LogP contribution in [0.25, 0.3) is 0 Å². The van der Waals surface area contributed by atoms with E-state index < -0.39 is 0 Å². The number of nitrogens with zero attached hydrogens (tertiary/aromatic N) is 2. The minimum absolute atomic E-state index is 0.0716. The van der Waals surface area contributed by atoms with Crippen molar-refractivity contribution < 1.29 is 9.53 Å². The number of aromatic nitrogens is 2. The van der Waals surface area contributed by atoms with Crippen LogP contribution < -0.4 is 4.74 Å². The number of fused-ring (bicyclic) bond motifs is 1. The number of benzene rings is 1. The fourth-order valence-corrected chi connectivity index (χ4v) is 2.86. The first-order chi connectivity index (χ1) is 9.72. The van der Waals surface area contributed by atoms with Gasteiger partial charge >= 0.3 is 0 Å². The van der Waals surface area contributed by atoms with Crippen LogP contribution in [0.5, 0.6) is 5.75 Å². The molecular formula is C15H13ClN2O2. The van der Waals surface area contributed by atoms with Crippen LogP contribution in [-0.2, 0) is 0 Å². The molecule has 1 aliphatic heterocycles. The van der Waals surface area contributed by atoms with E-state index in [2.05, 4.69) is 9.55 Å². The lowest BCUT2D eigenvalue weighted by Gasteiger charge is -2.26. The Morgan fingerprint density at radius 3 is 3.00 bits per heavy atom. The van der Waals surface area contributed by atoms with Gasteiger partial charge in [-0.3, -0.25) is 4.79 Å². The summed E-state index contributed by atoms with van der Waals surface area (Å²) in [4.78, 5) is 16.5. The summed E-state index contributed by atoms with van der Waals surface area (Å²) in [7, 11) is 0. The molecule has 0 bridgehead atoms. The van der Waals surface area contributed by atoms with Gasteiger partial charge < -0.3 is 9.30 Å². The third-order valence-electron chi connectivity index (χ3n) is 3.85. The van der Waals surface area contributed by atoms with Crippen molar-refractivity contribution in [3.8, 4) is 5.75 Å². The van der Waals surface area contributed by atoms with Gasteiger partial charge in [0.2, 0.25) is 0 Å². The second kappa shape index (κ2) is 4.35. The summed E-state index contributed by atoms with van der Waals surface area (Å²) in [5.74, 6) is 0.682. The zero-order chi connectivity index (χ0) is 13.7. The van der Waals surface area contributed by atoms with Gasteiger partial charge in [-0.15, -0.1) is 0 Å². The molecule has 0 amide bonds. The number of Topliss-reactive ketones (excluding diaryl/α,β-unsaturated/α-hetero) is 1. The molecule has 2 heterocycles. The maximum atomic E-state index is 12.3. The number of carbonyl (C=O) groups excluding carboxylic acids is 1. The van der Waals surface area contributed by atoms with Crippen LogP contribution in [0.1, 0.15) is 47.5 Å². The van der Waals surface area contributed by atoms with E-state index in [1.165, 1.54) is 12.8 Å². The first-order valence-corrected chi connectivity index (χ1v) is 7.11. The van der Waals surface area contributed by atoms with Gasteiger partial charge in [-0.25, -0.2) is 4.98 Å². The fraction of sp³-hybridized carbons (Fsp3) is 0.333. The third-order valence-corrected chi connectivity index (χ3v) is 4.08. The average Bonchev–Trinajstić information content (AvgIpc) is 3.17. The van der Waals surface area contributed by atoms with Crippen molar-refractivity contribution in [3.63, 3.8) is 0 Å². The summed E-state index contributed by atoms with van der Waals surface area (Å²) in [5, 5.41) is 0.558. The minimum Gasteiger partial charge on any atom is -0.483 e. The molecule has 1 unspecified atom stereocenters. The zero-order valence-electron chi connectivity index (χ0n) is 10.8. The van der Waals surface area contributed by atoms with Crippen LogP contribution in [-0.4, -0.2) is 15.3 Å². The first-order valence-electron chi connectivity index (χ1n) is 6.73. The highest BCUT2D eigenvalue weighted by atomic mass is 35.5. The number of imidazole rings is 1. The van der Waals surface area contributed by atoms with Crippen molar-refractivity contribution in [3.05, 3.63) is 47.0 Å². The zero-order valence-corrected chi connectivity index (χ0v) is 11.5. The van der Waals surface area contributed by atoms with Gasteiger partial charge in [0.1, 0.15) is 11.9 Å². The number of rotatable bonds is 2. The first kappa shape index (κ1) is 12.0. The van der Waals surface area contributed by atoms with Crippen molar-refractivity contribution in [2.75, 3.05) is 0 Å². The van der Waals surface area contributed by atoms with E-state index in [4.69, 9.17) is 16.3 Å². The van der Waals surface area contributed by atoms with E-state index in [0.29, 0.717) is 28.8 Å². The van der Waals surface area contributed by atoms with Crippen LogP contribution in [0.15, 0.2) is 30.7 Å². The number of carbonyl (C=O) groups is 1. The standard InChI is InChI=1S/C15H13ClN2O2/c16-9-1-4-14-11(5-9)13(19)6-15(20-14)12-7-17-8-18(12)10-2-3-10/h1,4-5,7-8,10,15H,2-3,6H2. The second-order valence-electron chi connectivity index (χ2n) is 5.33. The van der Waals surface area contributed by atoms with E-state index in [0.717, 1.165) is 5.69 Å². The number of hydrogen-bond acceptors (Lipinski definition) is 3. The second-order valence-corrected chi connectivity index (χ2v) is 5.77. The Balaban J connectivity index is 1.70. The monoisotopic (exact) mass is 288 g/mol. The summed E-state index contributed by atoms with van der Waals surface area (Å²) >= 11 is 5.93. The summed E-state index contributed by atoms with van der Waals surface area (Å²) in [6, 6.07) is 5.71. The molecule has 1 aliphatic carbocycles. The maximum Gasteiger partial charge on any atom is 0.170 e. The molecule has 1 fully saturated rings. The molecule has 1 aromatic heterocycles. The molecule has 1 saturated carbocycles. The van der Waals surface area contributed by atoms with Gasteiger partial charge in [0.05, 0.1) is 30.2 Å². The molecule has 20 heavy (non-hydrogen) atoms. The molecule has 4 nitrogen and oxygen atoms in total. The molecular weight excluding hydrogens is 276 g/mol. The van der Waals surface area contributed by atoms with E-state index in [1.807, 2.05) is 6.33 Å². The predicted octanol–water partition coefficient (Wildman–Crippen LogP) is 3.58. The van der Waals surface area contributed by atoms with Crippen LogP contribution in [0.4, 0.5) is 0 Å². The molecule has 5 heteroatoms. The Morgan fingerprint density at radius 2 is 2.20 bits per heavy atom. The van der Waals surface area contributed by atoms with E-state index >= 15 is 0 Å². The normalized spacial score (nSPS) is 21.4. The Labute approximate surface area is 121 Å². The topological polar surface area (TPSA) is 44.1 Å². The molecule has 102 valence electrons. The van der Waals surface area contributed by atoms with Crippen molar-refractivity contribution in [2.24, 2.45) is 0 Å². The highest BCUT2D eigenvalue weighted by Gasteiger charge is 2.33. The maximum absolute atomic E-state index is 12.3. The van der Waals surface area contributed by atoms with Crippen molar-refractivity contribution in [1.82, 2.24) is 9.55 Å². The Hall–Kier alpha value is -1.81. The van der Waals surface area contributed by atoms with Crippen molar-refractivity contribution in [1.29, 1.82) is 0 Å². The molecule has 4 rings (SSSR count). The summed E-state index contributed by atoms with van der Waals surface area (Å²) in [6.07, 6.45) is 6.08. The van der Waals surface area contributed by atoms with E-state index in [-0.39, 0.29) is 11.9 Å². The Bertz CT molecular complexity index is 691. The van der Waals surface area contributed by atoms with Gasteiger partial charge in [0.15, 0.2) is 5.78 Å². The molecule has 0 saturated heterocycles. The van der Waals surface area contributed by atoms with E-state index in [1.54, 1.807) is 24.4 Å². The predicted molar refractivity (Wildman–Crippen MR) is 74.3 cm³/mol. The fourth-order valence-electron chi connectivity index (χ4n) is 2.68. The molecule has 1 atom stereocenters. The van der Waals surface area contributed by atoms with Crippen LogP contribution in [0.2, 0.25) is 5.02 Å². The van der Waals surface area contributed by atoms with Crippen molar-refractivity contribution in [2.45, 2.75) is 31.4 Å². The number of ether oxygens (including phenoxy) is 1. The Morgan fingerprint density at radius 1 is 1.35 bits per heavy atom. The number of ketones is 1. The quantitative estimate of drug-likeness (QED) is 0.848. The van der Waals surface area contributed by atoms with Gasteiger partial charge in [-0.05, 0) is 31.0 Å². The SMILES string of the molecule is O=C1CC(c2cncn2C2CC2)Oc2ccc(Cl)cc21. The van der Waals surface area contributed by atoms with Gasteiger partial charge in [-0.2, -0.15) is 0 Å². The average molecular weight is 289 g/mol. The number of halogens is 1. The lowest BCUT2D eigenvalue weighted by molar-refractivity contribution is 0.0839. The Kier molecular flexibility index (Phi) is 2.60. The molecule has 0 radical (unpaired) electrons. The molecule has 1 aromatic carbocycles. The van der Waals surface area contributed by atoms with E-state index in [9.17, 15) is 4.79 Å². The minimum atomic E-state index is -0.251. The highest BCUT2D eigenvalue weighted by molar-refractivity contribution is 6.31. The van der Waals surface area contributed by atoms with Crippen LogP contribution in [0.3, 0.4) is 0 Å². The summed E-state index contributed by atoms with van der Waals surface area (Å²) in [5.41, 5.74) is 1.56. The molecule has 0 N–H and O–H groups in total. The molecule has 2 aliphatic rings. The highest BCUT2D eigenvalue weighted by Crippen LogP contribution is 2.40. The largest absolute Gasteiger partial charge is 0.483 e. The van der Waals surface area contributed by atoms with Gasteiger partial charge in [0, 0.05) is 11.1 Å². The van der Waals surface area contributed by atoms with Gasteiger partial charge in [-0.1, -0.05) is 11.6 Å². The third kappa shape index (κ3) is 1.91. The molecule has 2 aromatic rings. The van der Waals surface area contributed by atoms with Gasteiger partial charge in [0.25, 0.3) is 0 Å².